The molecule has 0 bridgehead atoms. The number of anilines is 1. The second-order valence-electron chi connectivity index (χ2n) is 8.73. The molecule has 0 amide bonds. The van der Waals surface area contributed by atoms with E-state index in [1.54, 1.807) is 6.07 Å². The van der Waals surface area contributed by atoms with Gasteiger partial charge in [-0.2, -0.15) is 0 Å². The summed E-state index contributed by atoms with van der Waals surface area (Å²) in [5.41, 5.74) is 2.48. The number of benzene rings is 1. The van der Waals surface area contributed by atoms with Crippen molar-refractivity contribution in [3.05, 3.63) is 41.5 Å². The number of nitrogens with zero attached hydrogens (tertiary/aromatic N) is 1. The molecular formula is C27H45NO2. The van der Waals surface area contributed by atoms with Gasteiger partial charge in [0, 0.05) is 19.8 Å². The predicted molar refractivity (Wildman–Crippen MR) is 131 cm³/mol. The van der Waals surface area contributed by atoms with Crippen LogP contribution in [0.5, 0.6) is 0 Å². The monoisotopic (exact) mass is 415 g/mol. The number of rotatable bonds is 18. The smallest absolute Gasteiger partial charge is 0.335 e. The predicted octanol–water partition coefficient (Wildman–Crippen LogP) is 8.03. The lowest BCUT2D eigenvalue weighted by molar-refractivity contribution is 0.0695. The third-order valence-corrected chi connectivity index (χ3v) is 5.79. The number of unbranched alkanes of at least 4 members (excludes halogenated alkanes) is 12. The van der Waals surface area contributed by atoms with Gasteiger partial charge in [-0.25, -0.2) is 4.79 Å². The molecule has 0 heterocycles. The highest BCUT2D eigenvalue weighted by atomic mass is 16.4. The van der Waals surface area contributed by atoms with Crippen LogP contribution in [-0.4, -0.2) is 25.2 Å². The SMILES string of the molecule is CCCCCCCCC=CCCCCCCCCc1cc(N(C)C)ccc1C(=O)O. The molecule has 1 aromatic carbocycles. The van der Waals surface area contributed by atoms with Crippen molar-refractivity contribution in [2.24, 2.45) is 0 Å². The maximum absolute atomic E-state index is 11.5. The molecule has 0 unspecified atom stereocenters. The first-order valence-corrected chi connectivity index (χ1v) is 12.2. The van der Waals surface area contributed by atoms with Crippen LogP contribution in [0.1, 0.15) is 113 Å². The van der Waals surface area contributed by atoms with Gasteiger partial charge in [-0.15, -0.1) is 0 Å². The quantitative estimate of drug-likeness (QED) is 0.195. The molecule has 0 saturated heterocycles. The topological polar surface area (TPSA) is 40.5 Å². The van der Waals surface area contributed by atoms with Gasteiger partial charge in [-0.3, -0.25) is 0 Å². The van der Waals surface area contributed by atoms with E-state index in [2.05, 4.69) is 19.1 Å². The fraction of sp³-hybridized carbons (Fsp3) is 0.667. The van der Waals surface area contributed by atoms with Gasteiger partial charge in [-0.05, 0) is 62.3 Å². The fourth-order valence-electron chi connectivity index (χ4n) is 3.84. The highest BCUT2D eigenvalue weighted by Crippen LogP contribution is 2.21. The molecule has 30 heavy (non-hydrogen) atoms. The summed E-state index contributed by atoms with van der Waals surface area (Å²) in [4.78, 5) is 13.5. The summed E-state index contributed by atoms with van der Waals surface area (Å²) in [6.45, 7) is 2.27. The van der Waals surface area contributed by atoms with Gasteiger partial charge in [0.05, 0.1) is 5.56 Å². The van der Waals surface area contributed by atoms with Crippen LogP contribution >= 0.6 is 0 Å². The van der Waals surface area contributed by atoms with Crippen molar-refractivity contribution in [3.8, 4) is 0 Å². The maximum atomic E-state index is 11.5. The van der Waals surface area contributed by atoms with Crippen molar-refractivity contribution in [2.75, 3.05) is 19.0 Å². The van der Waals surface area contributed by atoms with E-state index in [-0.39, 0.29) is 0 Å². The summed E-state index contributed by atoms with van der Waals surface area (Å²) in [6.07, 6.45) is 23.7. The summed E-state index contributed by atoms with van der Waals surface area (Å²) in [7, 11) is 3.98. The Morgan fingerprint density at radius 3 is 1.90 bits per heavy atom. The fourth-order valence-corrected chi connectivity index (χ4v) is 3.84. The Bertz CT molecular complexity index is 607. The molecule has 0 aliphatic rings. The zero-order chi connectivity index (χ0) is 22.0. The summed E-state index contributed by atoms with van der Waals surface area (Å²) in [5, 5.41) is 9.41. The number of hydrogen-bond acceptors (Lipinski definition) is 2. The first-order chi connectivity index (χ1) is 14.6. The standard InChI is InChI=1S/C27H45NO2/c1-4-5-6-7-8-9-10-11-12-13-14-15-16-17-18-19-20-24-23-25(28(2)3)21-22-26(24)27(29)30/h11-12,21-23H,4-10,13-20H2,1-3H3,(H,29,30). The zero-order valence-electron chi connectivity index (χ0n) is 19.8. The first kappa shape index (κ1) is 26.3. The minimum atomic E-state index is -0.820. The molecule has 0 saturated carbocycles. The third kappa shape index (κ3) is 12.0. The van der Waals surface area contributed by atoms with Crippen molar-refractivity contribution in [3.63, 3.8) is 0 Å². The first-order valence-electron chi connectivity index (χ1n) is 12.2. The molecule has 0 radical (unpaired) electrons. The lowest BCUT2D eigenvalue weighted by atomic mass is 9.99. The number of hydrogen-bond donors (Lipinski definition) is 1. The van der Waals surface area contributed by atoms with Gasteiger partial charge in [0.25, 0.3) is 0 Å². The minimum Gasteiger partial charge on any atom is -0.478 e. The molecule has 3 nitrogen and oxygen atoms in total. The van der Waals surface area contributed by atoms with Gasteiger partial charge >= 0.3 is 5.97 Å². The number of aryl methyl sites for hydroxylation is 1. The zero-order valence-corrected chi connectivity index (χ0v) is 19.8. The molecule has 1 aromatic rings. The van der Waals surface area contributed by atoms with E-state index in [1.807, 2.05) is 31.1 Å². The van der Waals surface area contributed by atoms with E-state index >= 15 is 0 Å². The second kappa shape index (κ2) is 17.0. The van der Waals surface area contributed by atoms with Crippen LogP contribution in [0.25, 0.3) is 0 Å². The van der Waals surface area contributed by atoms with E-state index in [4.69, 9.17) is 0 Å². The molecule has 170 valence electrons. The van der Waals surface area contributed by atoms with E-state index in [0.717, 1.165) is 24.1 Å². The van der Waals surface area contributed by atoms with Gasteiger partial charge in [0.2, 0.25) is 0 Å². The van der Waals surface area contributed by atoms with Crippen LogP contribution in [0.15, 0.2) is 30.4 Å². The molecule has 0 atom stereocenters. The minimum absolute atomic E-state index is 0.452. The molecule has 0 aromatic heterocycles. The number of carboxylic acid groups (broad SMARTS) is 1. The highest BCUT2D eigenvalue weighted by molar-refractivity contribution is 5.90. The normalized spacial score (nSPS) is 11.3. The van der Waals surface area contributed by atoms with Crippen LogP contribution in [0, 0.1) is 0 Å². The van der Waals surface area contributed by atoms with Crippen LogP contribution in [-0.2, 0) is 6.42 Å². The van der Waals surface area contributed by atoms with E-state index in [1.165, 1.54) is 83.5 Å². The van der Waals surface area contributed by atoms with E-state index < -0.39 is 5.97 Å². The van der Waals surface area contributed by atoms with Crippen LogP contribution < -0.4 is 4.90 Å². The van der Waals surface area contributed by atoms with E-state index in [0.29, 0.717) is 5.56 Å². The van der Waals surface area contributed by atoms with Crippen LogP contribution in [0.3, 0.4) is 0 Å². The summed E-state index contributed by atoms with van der Waals surface area (Å²) in [6, 6.07) is 5.66. The summed E-state index contributed by atoms with van der Waals surface area (Å²) < 4.78 is 0. The van der Waals surface area contributed by atoms with Crippen molar-refractivity contribution in [2.45, 2.75) is 103 Å². The van der Waals surface area contributed by atoms with Crippen LogP contribution in [0.4, 0.5) is 5.69 Å². The van der Waals surface area contributed by atoms with Gasteiger partial charge in [0.1, 0.15) is 0 Å². The largest absolute Gasteiger partial charge is 0.478 e. The van der Waals surface area contributed by atoms with Gasteiger partial charge < -0.3 is 10.0 Å². The number of allylic oxidation sites excluding steroid dienone is 2. The van der Waals surface area contributed by atoms with Crippen LogP contribution in [0.2, 0.25) is 0 Å². The van der Waals surface area contributed by atoms with Crippen molar-refractivity contribution >= 4 is 11.7 Å². The highest BCUT2D eigenvalue weighted by Gasteiger charge is 2.11. The Balaban J connectivity index is 2.07. The second-order valence-corrected chi connectivity index (χ2v) is 8.73. The van der Waals surface area contributed by atoms with Crippen molar-refractivity contribution < 1.29 is 9.90 Å². The molecule has 1 N–H and O–H groups in total. The van der Waals surface area contributed by atoms with Crippen molar-refractivity contribution in [1.82, 2.24) is 0 Å². The van der Waals surface area contributed by atoms with Crippen molar-refractivity contribution in [1.29, 1.82) is 0 Å². The molecule has 3 heteroatoms. The summed E-state index contributed by atoms with van der Waals surface area (Å²) >= 11 is 0. The molecule has 0 aliphatic heterocycles. The number of aromatic carboxylic acids is 1. The average molecular weight is 416 g/mol. The average Bonchev–Trinajstić information content (AvgIpc) is 2.73. The Labute approximate surface area is 185 Å². The summed E-state index contributed by atoms with van der Waals surface area (Å²) in [5.74, 6) is -0.820. The van der Waals surface area contributed by atoms with Gasteiger partial charge in [-0.1, -0.05) is 76.9 Å². The Morgan fingerprint density at radius 1 is 0.833 bits per heavy atom. The molecule has 0 spiro atoms. The lowest BCUT2D eigenvalue weighted by Gasteiger charge is -2.15. The molecule has 1 rings (SSSR count). The Hall–Kier alpha value is -1.77. The Morgan fingerprint density at radius 2 is 1.37 bits per heavy atom. The molecule has 0 fully saturated rings. The number of carbonyl (C=O) groups is 1. The third-order valence-electron chi connectivity index (χ3n) is 5.79. The molecular weight excluding hydrogens is 370 g/mol. The maximum Gasteiger partial charge on any atom is 0.335 e. The Kier molecular flexibility index (Phi) is 14.9. The lowest BCUT2D eigenvalue weighted by Crippen LogP contribution is -2.11. The van der Waals surface area contributed by atoms with E-state index in [9.17, 15) is 9.90 Å². The number of carboxylic acids is 1. The molecule has 0 aliphatic carbocycles. The van der Waals surface area contributed by atoms with Gasteiger partial charge in [0.15, 0.2) is 0 Å².